The summed E-state index contributed by atoms with van der Waals surface area (Å²) < 4.78 is 0. The quantitative estimate of drug-likeness (QED) is 0.737. The fraction of sp³-hybridized carbons (Fsp3) is 0.588. The summed E-state index contributed by atoms with van der Waals surface area (Å²) in [5.41, 5.74) is 2.26. The van der Waals surface area contributed by atoms with Gasteiger partial charge in [-0.15, -0.1) is 0 Å². The van der Waals surface area contributed by atoms with Crippen LogP contribution < -0.4 is 10.2 Å². The number of benzene rings is 1. The number of nitrogens with zero attached hydrogens (tertiary/aromatic N) is 2. The molecule has 0 aliphatic carbocycles. The monoisotopic (exact) mass is 273 g/mol. The Hall–Kier alpha value is -1.53. The number of nitriles is 1. The number of unbranched alkanes of at least 4 members (excludes halogenated alkanes) is 1. The number of hydrogen-bond donors (Lipinski definition) is 1. The molecule has 1 N–H and O–H groups in total. The van der Waals surface area contributed by atoms with Crippen molar-refractivity contribution in [3.05, 3.63) is 29.8 Å². The Kier molecular flexibility index (Phi) is 6.54. The highest BCUT2D eigenvalue weighted by Gasteiger charge is 2.20. The fourth-order valence-electron chi connectivity index (χ4n) is 2.39. The van der Waals surface area contributed by atoms with Crippen LogP contribution >= 0.6 is 0 Å². The zero-order chi connectivity index (χ0) is 15.0. The molecule has 20 heavy (non-hydrogen) atoms. The second-order valence-corrected chi connectivity index (χ2v) is 5.52. The molecule has 0 amide bonds. The van der Waals surface area contributed by atoms with E-state index in [0.717, 1.165) is 32.4 Å². The van der Waals surface area contributed by atoms with E-state index < -0.39 is 0 Å². The standard InChI is InChI=1S/C17H27N3/c1-5-20(16-11-7-6-10-15(16)2)13-9-8-12-17(3,14-18)19-4/h6-7,10-11,19H,5,8-9,12-13H2,1-4H3. The molecule has 0 fully saturated rings. The van der Waals surface area contributed by atoms with Gasteiger partial charge in [0, 0.05) is 18.8 Å². The summed E-state index contributed by atoms with van der Waals surface area (Å²) in [6.07, 6.45) is 3.07. The van der Waals surface area contributed by atoms with Gasteiger partial charge in [-0.25, -0.2) is 0 Å². The van der Waals surface area contributed by atoms with E-state index in [-0.39, 0.29) is 5.54 Å². The SMILES string of the molecule is CCN(CCCCC(C)(C#N)NC)c1ccccc1C. The van der Waals surface area contributed by atoms with E-state index in [1.165, 1.54) is 11.3 Å². The summed E-state index contributed by atoms with van der Waals surface area (Å²) in [4.78, 5) is 2.42. The number of para-hydroxylation sites is 1. The molecule has 1 unspecified atom stereocenters. The van der Waals surface area contributed by atoms with Crippen molar-refractivity contribution in [2.75, 3.05) is 25.0 Å². The summed E-state index contributed by atoms with van der Waals surface area (Å²) in [5.74, 6) is 0. The predicted molar refractivity (Wildman–Crippen MR) is 86.0 cm³/mol. The van der Waals surface area contributed by atoms with Crippen molar-refractivity contribution in [1.82, 2.24) is 5.32 Å². The lowest BCUT2D eigenvalue weighted by atomic mass is 9.97. The number of rotatable bonds is 8. The lowest BCUT2D eigenvalue weighted by molar-refractivity contribution is 0.433. The van der Waals surface area contributed by atoms with Gasteiger partial charge in [-0.3, -0.25) is 0 Å². The average molecular weight is 273 g/mol. The fourth-order valence-corrected chi connectivity index (χ4v) is 2.39. The van der Waals surface area contributed by atoms with Gasteiger partial charge in [-0.1, -0.05) is 18.2 Å². The number of aryl methyl sites for hydroxylation is 1. The van der Waals surface area contributed by atoms with Gasteiger partial charge < -0.3 is 10.2 Å². The van der Waals surface area contributed by atoms with Crippen LogP contribution in [0.3, 0.4) is 0 Å². The minimum absolute atomic E-state index is 0.389. The van der Waals surface area contributed by atoms with Gasteiger partial charge >= 0.3 is 0 Å². The maximum Gasteiger partial charge on any atom is 0.103 e. The Morgan fingerprint density at radius 3 is 2.55 bits per heavy atom. The summed E-state index contributed by atoms with van der Waals surface area (Å²) in [5, 5.41) is 12.2. The zero-order valence-electron chi connectivity index (χ0n) is 13.2. The smallest absolute Gasteiger partial charge is 0.103 e. The molecule has 0 aromatic heterocycles. The second kappa shape index (κ2) is 7.91. The van der Waals surface area contributed by atoms with Crippen molar-refractivity contribution in [2.24, 2.45) is 0 Å². The van der Waals surface area contributed by atoms with E-state index in [9.17, 15) is 0 Å². The molecular formula is C17H27N3. The van der Waals surface area contributed by atoms with Gasteiger partial charge in [0.1, 0.15) is 5.54 Å². The van der Waals surface area contributed by atoms with Crippen LogP contribution in [0.2, 0.25) is 0 Å². The summed E-state index contributed by atoms with van der Waals surface area (Å²) in [6.45, 7) is 8.39. The molecule has 1 atom stereocenters. The Bertz CT molecular complexity index is 450. The van der Waals surface area contributed by atoms with Crippen LogP contribution in [-0.4, -0.2) is 25.7 Å². The molecule has 1 aromatic carbocycles. The second-order valence-electron chi connectivity index (χ2n) is 5.52. The van der Waals surface area contributed by atoms with Crippen LogP contribution in [-0.2, 0) is 0 Å². The van der Waals surface area contributed by atoms with Gasteiger partial charge in [-0.05, 0) is 58.7 Å². The minimum atomic E-state index is -0.389. The first-order valence-electron chi connectivity index (χ1n) is 7.47. The van der Waals surface area contributed by atoms with E-state index in [2.05, 4.69) is 54.4 Å². The van der Waals surface area contributed by atoms with E-state index in [1.807, 2.05) is 14.0 Å². The van der Waals surface area contributed by atoms with Gasteiger partial charge in [-0.2, -0.15) is 5.26 Å². The van der Waals surface area contributed by atoms with Crippen LogP contribution in [0.15, 0.2) is 24.3 Å². The van der Waals surface area contributed by atoms with E-state index in [1.54, 1.807) is 0 Å². The highest BCUT2D eigenvalue weighted by atomic mass is 15.1. The molecule has 1 rings (SSSR count). The van der Waals surface area contributed by atoms with Gasteiger partial charge in [0.05, 0.1) is 6.07 Å². The van der Waals surface area contributed by atoms with Crippen molar-refractivity contribution >= 4 is 5.69 Å². The molecule has 0 aliphatic heterocycles. The van der Waals surface area contributed by atoms with Crippen LogP contribution in [0.5, 0.6) is 0 Å². The van der Waals surface area contributed by atoms with E-state index >= 15 is 0 Å². The van der Waals surface area contributed by atoms with Crippen LogP contribution in [0, 0.1) is 18.3 Å². The van der Waals surface area contributed by atoms with Gasteiger partial charge in [0.15, 0.2) is 0 Å². The van der Waals surface area contributed by atoms with Gasteiger partial charge in [0.25, 0.3) is 0 Å². The Balaban J connectivity index is 2.48. The first kappa shape index (κ1) is 16.5. The Labute approximate surface area is 123 Å². The summed E-state index contributed by atoms with van der Waals surface area (Å²) in [6, 6.07) is 10.9. The van der Waals surface area contributed by atoms with Crippen molar-refractivity contribution in [3.63, 3.8) is 0 Å². The summed E-state index contributed by atoms with van der Waals surface area (Å²) >= 11 is 0. The highest BCUT2D eigenvalue weighted by molar-refractivity contribution is 5.52. The molecule has 1 aromatic rings. The number of anilines is 1. The third-order valence-electron chi connectivity index (χ3n) is 3.99. The largest absolute Gasteiger partial charge is 0.372 e. The maximum absolute atomic E-state index is 9.13. The first-order chi connectivity index (χ1) is 9.56. The van der Waals surface area contributed by atoms with Crippen LogP contribution in [0.1, 0.15) is 38.7 Å². The number of hydrogen-bond acceptors (Lipinski definition) is 3. The van der Waals surface area contributed by atoms with Crippen molar-refractivity contribution < 1.29 is 0 Å². The topological polar surface area (TPSA) is 39.1 Å². The minimum Gasteiger partial charge on any atom is -0.372 e. The molecule has 0 aliphatic rings. The highest BCUT2D eigenvalue weighted by Crippen LogP contribution is 2.20. The van der Waals surface area contributed by atoms with Crippen LogP contribution in [0.25, 0.3) is 0 Å². The lowest BCUT2D eigenvalue weighted by Crippen LogP contribution is -2.38. The van der Waals surface area contributed by atoms with Crippen LogP contribution in [0.4, 0.5) is 5.69 Å². The molecule has 0 saturated carbocycles. The third kappa shape index (κ3) is 4.54. The molecule has 110 valence electrons. The number of nitrogens with one attached hydrogen (secondary N) is 1. The Morgan fingerprint density at radius 1 is 1.30 bits per heavy atom. The predicted octanol–water partition coefficient (Wildman–Crippen LogP) is 3.49. The normalized spacial score (nSPS) is 13.6. The molecule has 0 spiro atoms. The molecule has 0 bridgehead atoms. The molecular weight excluding hydrogens is 246 g/mol. The lowest BCUT2D eigenvalue weighted by Gasteiger charge is -2.26. The maximum atomic E-state index is 9.13. The van der Waals surface area contributed by atoms with Crippen molar-refractivity contribution in [1.29, 1.82) is 5.26 Å². The first-order valence-corrected chi connectivity index (χ1v) is 7.47. The van der Waals surface area contributed by atoms with E-state index in [4.69, 9.17) is 5.26 Å². The molecule has 0 radical (unpaired) electrons. The average Bonchev–Trinajstić information content (AvgIpc) is 2.48. The zero-order valence-corrected chi connectivity index (χ0v) is 13.2. The van der Waals surface area contributed by atoms with Crippen molar-refractivity contribution in [3.8, 4) is 6.07 Å². The molecule has 0 saturated heterocycles. The summed E-state index contributed by atoms with van der Waals surface area (Å²) in [7, 11) is 1.86. The Morgan fingerprint density at radius 2 is 2.00 bits per heavy atom. The molecule has 3 nitrogen and oxygen atoms in total. The molecule has 3 heteroatoms. The van der Waals surface area contributed by atoms with Crippen molar-refractivity contribution in [2.45, 2.75) is 45.6 Å². The van der Waals surface area contributed by atoms with E-state index in [0.29, 0.717) is 0 Å². The third-order valence-corrected chi connectivity index (χ3v) is 3.99. The van der Waals surface area contributed by atoms with Gasteiger partial charge in [0.2, 0.25) is 0 Å². The molecule has 0 heterocycles.